The van der Waals surface area contributed by atoms with E-state index in [1.807, 2.05) is 40.7 Å². The molecular formula is C55H66N6O13S6. The number of benzene rings is 7. The Morgan fingerprint density at radius 1 is 0.338 bits per heavy atom. The average molecular weight is 1210 g/mol. The van der Waals surface area contributed by atoms with Crippen LogP contribution in [0.25, 0.3) is 0 Å². The minimum absolute atomic E-state index is 0.0286. The number of hydrogen-bond acceptors (Lipinski definition) is 13. The number of ether oxygens (including phenoxy) is 1. The monoisotopic (exact) mass is 1210 g/mol. The van der Waals surface area contributed by atoms with Gasteiger partial charge in [0, 0.05) is 45.0 Å². The van der Waals surface area contributed by atoms with E-state index in [0.717, 1.165) is 32.1 Å². The second kappa shape index (κ2) is 28.9. The largest absolute Gasteiger partial charge is 0.497 e. The zero-order valence-corrected chi connectivity index (χ0v) is 49.8. The lowest BCUT2D eigenvalue weighted by Crippen LogP contribution is -2.42. The van der Waals surface area contributed by atoms with Gasteiger partial charge in [0.1, 0.15) is 5.75 Å². The summed E-state index contributed by atoms with van der Waals surface area (Å²) in [6.07, 6.45) is 0.343. The molecule has 0 amide bonds. The molecule has 19 nitrogen and oxygen atoms in total. The molecule has 0 bridgehead atoms. The average Bonchev–Trinajstić information content (AvgIpc) is 3.42. The third-order valence-corrected chi connectivity index (χ3v) is 20.8. The van der Waals surface area contributed by atoms with Crippen LogP contribution in [-0.2, 0) is 60.1 Å². The molecule has 0 saturated carbocycles. The molecule has 0 spiro atoms. The van der Waals surface area contributed by atoms with E-state index < -0.39 is 60.1 Å². The zero-order valence-electron chi connectivity index (χ0n) is 44.9. The summed E-state index contributed by atoms with van der Waals surface area (Å²) in [6, 6.07) is 46.9. The molecule has 0 radical (unpaired) electrons. The summed E-state index contributed by atoms with van der Waals surface area (Å²) in [5.74, 6) is 0.619. The van der Waals surface area contributed by atoms with Crippen molar-refractivity contribution in [2.75, 3.05) is 51.1 Å². The first-order chi connectivity index (χ1) is 37.6. The molecule has 0 aliphatic heterocycles. The first-order valence-electron chi connectivity index (χ1n) is 24.7. The van der Waals surface area contributed by atoms with Crippen LogP contribution in [0.4, 0.5) is 5.69 Å². The highest BCUT2D eigenvalue weighted by Gasteiger charge is 2.26. The number of para-hydroxylation sites is 1. The molecule has 0 saturated heterocycles. The van der Waals surface area contributed by atoms with Crippen molar-refractivity contribution in [2.45, 2.75) is 70.4 Å². The van der Waals surface area contributed by atoms with E-state index in [2.05, 4.69) is 23.6 Å². The molecule has 0 fully saturated rings. The number of sulfonamides is 6. The topological polar surface area (TPSA) is 277 Å². The van der Waals surface area contributed by atoms with Gasteiger partial charge in [0.25, 0.3) is 10.0 Å². The van der Waals surface area contributed by atoms with Gasteiger partial charge in [-0.3, -0.25) is 4.72 Å². The van der Waals surface area contributed by atoms with E-state index >= 15 is 0 Å². The molecule has 0 aromatic heterocycles. The molecule has 7 aromatic rings. The van der Waals surface area contributed by atoms with Crippen molar-refractivity contribution in [2.24, 2.45) is 0 Å². The van der Waals surface area contributed by atoms with Crippen LogP contribution in [0.3, 0.4) is 0 Å². The lowest BCUT2D eigenvalue weighted by Gasteiger charge is -2.23. The van der Waals surface area contributed by atoms with Crippen LogP contribution in [0, 0.1) is 34.6 Å². The number of hydrogen-bond donors (Lipinski definition) is 5. The second-order valence-corrected chi connectivity index (χ2v) is 28.7. The van der Waals surface area contributed by atoms with Crippen LogP contribution >= 0.6 is 0 Å². The maximum Gasteiger partial charge on any atom is 0.261 e. The van der Waals surface area contributed by atoms with Crippen LogP contribution in [0.2, 0.25) is 0 Å². The van der Waals surface area contributed by atoms with E-state index in [4.69, 9.17) is 4.74 Å². The predicted molar refractivity (Wildman–Crippen MR) is 310 cm³/mol. The van der Waals surface area contributed by atoms with E-state index in [1.165, 1.54) is 79.9 Å². The fourth-order valence-electron chi connectivity index (χ4n) is 7.00. The first kappa shape index (κ1) is 64.5. The quantitative estimate of drug-likeness (QED) is 0.0382. The molecule has 0 atom stereocenters. The van der Waals surface area contributed by atoms with Crippen LogP contribution in [0.15, 0.2) is 205 Å². The molecule has 7 aromatic carbocycles. The van der Waals surface area contributed by atoms with Gasteiger partial charge < -0.3 is 4.74 Å². The van der Waals surface area contributed by atoms with Crippen molar-refractivity contribution in [3.8, 4) is 5.75 Å². The number of anilines is 1. The van der Waals surface area contributed by atoms with Crippen molar-refractivity contribution in [3.05, 3.63) is 204 Å². The summed E-state index contributed by atoms with van der Waals surface area (Å²) in [7, 11) is -20.9. The molecule has 0 heterocycles. The van der Waals surface area contributed by atoms with Crippen molar-refractivity contribution >= 4 is 65.8 Å². The van der Waals surface area contributed by atoms with Gasteiger partial charge in [0.05, 0.1) is 36.5 Å². The Morgan fingerprint density at radius 2 is 0.613 bits per heavy atom. The molecule has 0 unspecified atom stereocenters. The molecule has 0 aliphatic rings. The number of methoxy groups -OCH3 is 1. The molecule has 0 aliphatic carbocycles. The molecule has 5 N–H and O–H groups in total. The predicted octanol–water partition coefficient (Wildman–Crippen LogP) is 7.01. The summed E-state index contributed by atoms with van der Waals surface area (Å²) in [5, 5.41) is 0. The lowest BCUT2D eigenvalue weighted by molar-refractivity contribution is 0.414. The van der Waals surface area contributed by atoms with Gasteiger partial charge in [-0.2, -0.15) is 4.31 Å². The highest BCUT2D eigenvalue weighted by atomic mass is 32.2. The smallest absolute Gasteiger partial charge is 0.261 e. The second-order valence-electron chi connectivity index (χ2n) is 18.1. The summed E-state index contributed by atoms with van der Waals surface area (Å²) in [5.41, 5.74) is 5.18. The molecule has 80 heavy (non-hydrogen) atoms. The van der Waals surface area contributed by atoms with Gasteiger partial charge in [0.15, 0.2) is 0 Å². The summed E-state index contributed by atoms with van der Waals surface area (Å²) in [4.78, 5) is 0.749. The van der Waals surface area contributed by atoms with Crippen molar-refractivity contribution in [3.63, 3.8) is 0 Å². The van der Waals surface area contributed by atoms with Gasteiger partial charge in [-0.1, -0.05) is 107 Å². The van der Waals surface area contributed by atoms with Crippen LogP contribution < -0.4 is 28.3 Å². The van der Waals surface area contributed by atoms with Crippen molar-refractivity contribution < 1.29 is 55.2 Å². The number of rotatable bonds is 24. The van der Waals surface area contributed by atoms with Gasteiger partial charge >= 0.3 is 0 Å². The summed E-state index contributed by atoms with van der Waals surface area (Å²) < 4.78 is 168. The van der Waals surface area contributed by atoms with Gasteiger partial charge in [-0.25, -0.2) is 69.4 Å². The van der Waals surface area contributed by atoms with E-state index in [1.54, 1.807) is 97.1 Å². The van der Waals surface area contributed by atoms with E-state index in [9.17, 15) is 50.5 Å². The first-order valence-corrected chi connectivity index (χ1v) is 33.5. The Morgan fingerprint density at radius 3 is 0.925 bits per heavy atom. The van der Waals surface area contributed by atoms with Gasteiger partial charge in [0.2, 0.25) is 50.1 Å². The molecule has 430 valence electrons. The van der Waals surface area contributed by atoms with E-state index in [0.29, 0.717) is 17.9 Å². The summed E-state index contributed by atoms with van der Waals surface area (Å²) in [6.45, 7) is 8.75. The van der Waals surface area contributed by atoms with Crippen LogP contribution in [0.5, 0.6) is 5.75 Å². The molecular weight excluding hydrogens is 1150 g/mol. The fourth-order valence-corrected chi connectivity index (χ4v) is 13.7. The third-order valence-electron chi connectivity index (χ3n) is 11.6. The van der Waals surface area contributed by atoms with Gasteiger partial charge in [-0.15, -0.1) is 0 Å². The van der Waals surface area contributed by atoms with Crippen LogP contribution in [0.1, 0.15) is 34.2 Å². The highest BCUT2D eigenvalue weighted by Crippen LogP contribution is 2.20. The standard InChI is InChI=1S/C25H31N3O6S3.C17H22N2O4S2.C13H13NO3S/c1-20-4-10-23(11-5-20)35(29,30)26-16-18-28(37(33,34)25-14-8-22(3)9-15-25)19-17-27-36(31,32)24-12-6-21(2)7-13-24;1-14-4-8-16(9-5-14)24(20,21)18-12-3-13-19-25(22,23)17-10-6-15(2)7-11-17;1-17-12-7-9-13(10-8-12)18(15,16)14-11-5-3-2-4-6-11/h4-15,26-27H,16-19H2,1-3H3;4-11,18-19H,3,12-13H2,1-2H3;2-10,14H,1H3. The number of aryl methyl sites for hydroxylation is 5. The number of nitrogens with zero attached hydrogens (tertiary/aromatic N) is 1. The third kappa shape index (κ3) is 19.7. The molecule has 7 rings (SSSR count). The normalized spacial score (nSPS) is 12.1. The Labute approximate surface area is 472 Å². The molecule has 25 heteroatoms. The maximum atomic E-state index is 13.3. The Bertz CT molecular complexity index is 3650. The van der Waals surface area contributed by atoms with Gasteiger partial charge in [-0.05, 0) is 138 Å². The van der Waals surface area contributed by atoms with Crippen molar-refractivity contribution in [1.82, 2.24) is 23.2 Å². The van der Waals surface area contributed by atoms with E-state index in [-0.39, 0.29) is 68.6 Å². The lowest BCUT2D eigenvalue weighted by atomic mass is 10.2. The van der Waals surface area contributed by atoms with Crippen molar-refractivity contribution in [1.29, 1.82) is 0 Å². The minimum Gasteiger partial charge on any atom is -0.497 e. The Kier molecular flexibility index (Phi) is 23.3. The van der Waals surface area contributed by atoms with Crippen LogP contribution in [-0.4, -0.2) is 101 Å². The fraction of sp³-hybridized carbons (Fsp3) is 0.236. The number of nitrogens with one attached hydrogen (secondary N) is 5. The Hall–Kier alpha value is -6.36. The highest BCUT2D eigenvalue weighted by molar-refractivity contribution is 7.93. The zero-order chi connectivity index (χ0) is 58.8. The maximum absolute atomic E-state index is 13.3. The minimum atomic E-state index is -4.03. The summed E-state index contributed by atoms with van der Waals surface area (Å²) >= 11 is 0. The SMILES string of the molecule is COc1ccc(S(=O)(=O)Nc2ccccc2)cc1.Cc1ccc(S(=O)(=O)NCCCNS(=O)(=O)c2ccc(C)cc2)cc1.Cc1ccc(S(=O)(=O)NCCN(CCNS(=O)(=O)c2ccc(C)cc2)S(=O)(=O)c2ccc(C)cc2)cc1. The Balaban J connectivity index is 0.000000236.